The number of hydrogen-bond donors (Lipinski definition) is 1. The third kappa shape index (κ3) is 2.70. The number of rotatable bonds is 4. The summed E-state index contributed by atoms with van der Waals surface area (Å²) in [5.74, 6) is 1.63. The average Bonchev–Trinajstić information content (AvgIpc) is 2.40. The number of aliphatic hydroxyl groups excluding tert-OH is 1. The Hall–Kier alpha value is -1.40. The maximum atomic E-state index is 8.92. The summed E-state index contributed by atoms with van der Waals surface area (Å²) in [6.07, 6.45) is 1.58. The molecule has 1 saturated heterocycles. The molecule has 0 amide bonds. The summed E-state index contributed by atoms with van der Waals surface area (Å²) >= 11 is 0. The Morgan fingerprint density at radius 1 is 1.28 bits per heavy atom. The average molecular weight is 252 g/mol. The largest absolute Gasteiger partial charge is 0.491 e. The molecular weight excluding hydrogens is 232 g/mol. The zero-order valence-corrected chi connectivity index (χ0v) is 11.0. The highest BCUT2D eigenvalue weighted by Crippen LogP contribution is 2.28. The van der Waals surface area contributed by atoms with E-state index in [1.807, 2.05) is 6.92 Å². The Kier molecular flexibility index (Phi) is 4.33. The van der Waals surface area contributed by atoms with E-state index in [1.165, 1.54) is 0 Å². The summed E-state index contributed by atoms with van der Waals surface area (Å²) in [6, 6.07) is 0. The van der Waals surface area contributed by atoms with E-state index in [9.17, 15) is 0 Å². The van der Waals surface area contributed by atoms with Crippen molar-refractivity contribution in [1.82, 2.24) is 14.9 Å². The summed E-state index contributed by atoms with van der Waals surface area (Å²) in [6.45, 7) is 6.55. The number of anilines is 1. The van der Waals surface area contributed by atoms with Crippen LogP contribution in [0.2, 0.25) is 0 Å². The standard InChI is InChI=1S/C12H20N4O2/c1-10-11(18-2)12(14-9-13-10)16-5-3-15(4-6-16)7-8-17/h9,17H,3-8H2,1-2H3. The fourth-order valence-electron chi connectivity index (χ4n) is 2.24. The lowest BCUT2D eigenvalue weighted by Gasteiger charge is -2.35. The summed E-state index contributed by atoms with van der Waals surface area (Å²) in [4.78, 5) is 12.9. The Bertz CT molecular complexity index is 392. The normalized spacial score (nSPS) is 16.9. The van der Waals surface area contributed by atoms with Crippen molar-refractivity contribution in [3.63, 3.8) is 0 Å². The van der Waals surface area contributed by atoms with Crippen LogP contribution in [0.1, 0.15) is 5.69 Å². The minimum atomic E-state index is 0.218. The van der Waals surface area contributed by atoms with Crippen molar-refractivity contribution < 1.29 is 9.84 Å². The fraction of sp³-hybridized carbons (Fsp3) is 0.667. The second-order valence-electron chi connectivity index (χ2n) is 4.37. The van der Waals surface area contributed by atoms with Crippen LogP contribution >= 0.6 is 0 Å². The van der Waals surface area contributed by atoms with Gasteiger partial charge in [-0.05, 0) is 6.92 Å². The van der Waals surface area contributed by atoms with Gasteiger partial charge in [-0.25, -0.2) is 9.97 Å². The Labute approximate surface area is 107 Å². The number of hydrogen-bond acceptors (Lipinski definition) is 6. The molecule has 2 heterocycles. The maximum absolute atomic E-state index is 8.92. The van der Waals surface area contributed by atoms with Crippen LogP contribution in [-0.2, 0) is 0 Å². The minimum Gasteiger partial charge on any atom is -0.491 e. The van der Waals surface area contributed by atoms with Gasteiger partial charge in [0.1, 0.15) is 6.33 Å². The molecule has 1 aromatic heterocycles. The molecule has 0 saturated carbocycles. The van der Waals surface area contributed by atoms with Crippen LogP contribution in [0.5, 0.6) is 5.75 Å². The summed E-state index contributed by atoms with van der Waals surface area (Å²) in [5.41, 5.74) is 0.861. The second kappa shape index (κ2) is 5.97. The molecule has 1 aromatic rings. The van der Waals surface area contributed by atoms with Gasteiger partial charge in [0.2, 0.25) is 0 Å². The van der Waals surface area contributed by atoms with Gasteiger partial charge in [-0.1, -0.05) is 0 Å². The number of aromatic nitrogens is 2. The molecule has 0 aromatic carbocycles. The zero-order chi connectivity index (χ0) is 13.0. The lowest BCUT2D eigenvalue weighted by molar-refractivity contribution is 0.188. The first-order valence-electron chi connectivity index (χ1n) is 6.20. The number of aryl methyl sites for hydroxylation is 1. The molecule has 100 valence electrons. The molecule has 1 N–H and O–H groups in total. The van der Waals surface area contributed by atoms with Gasteiger partial charge in [0.15, 0.2) is 11.6 Å². The molecule has 6 heteroatoms. The van der Waals surface area contributed by atoms with Crippen molar-refractivity contribution in [2.45, 2.75) is 6.92 Å². The first-order chi connectivity index (χ1) is 8.76. The van der Waals surface area contributed by atoms with E-state index < -0.39 is 0 Å². The van der Waals surface area contributed by atoms with Crippen molar-refractivity contribution in [3.8, 4) is 5.75 Å². The monoisotopic (exact) mass is 252 g/mol. The zero-order valence-electron chi connectivity index (χ0n) is 11.0. The van der Waals surface area contributed by atoms with Crippen molar-refractivity contribution in [2.24, 2.45) is 0 Å². The molecule has 0 bridgehead atoms. The highest BCUT2D eigenvalue weighted by atomic mass is 16.5. The van der Waals surface area contributed by atoms with Crippen LogP contribution in [0.15, 0.2) is 6.33 Å². The third-order valence-corrected chi connectivity index (χ3v) is 3.26. The number of aliphatic hydroxyl groups is 1. The first kappa shape index (κ1) is 13.0. The molecule has 18 heavy (non-hydrogen) atoms. The van der Waals surface area contributed by atoms with Crippen LogP contribution in [-0.4, -0.2) is 66.4 Å². The van der Waals surface area contributed by atoms with E-state index in [1.54, 1.807) is 13.4 Å². The predicted molar refractivity (Wildman–Crippen MR) is 69.1 cm³/mol. The van der Waals surface area contributed by atoms with Crippen LogP contribution in [0.25, 0.3) is 0 Å². The van der Waals surface area contributed by atoms with E-state index in [4.69, 9.17) is 9.84 Å². The molecule has 0 radical (unpaired) electrons. The van der Waals surface area contributed by atoms with Gasteiger partial charge in [-0.15, -0.1) is 0 Å². The van der Waals surface area contributed by atoms with Gasteiger partial charge in [0.05, 0.1) is 19.4 Å². The molecule has 1 aliphatic heterocycles. The minimum absolute atomic E-state index is 0.218. The number of methoxy groups -OCH3 is 1. The lowest BCUT2D eigenvalue weighted by Crippen LogP contribution is -2.47. The van der Waals surface area contributed by atoms with Crippen molar-refractivity contribution >= 4 is 5.82 Å². The van der Waals surface area contributed by atoms with Crippen LogP contribution in [0.4, 0.5) is 5.82 Å². The van der Waals surface area contributed by atoms with Gasteiger partial charge in [0.25, 0.3) is 0 Å². The summed E-state index contributed by atoms with van der Waals surface area (Å²) in [7, 11) is 1.65. The molecule has 1 fully saturated rings. The second-order valence-corrected chi connectivity index (χ2v) is 4.37. The van der Waals surface area contributed by atoms with Gasteiger partial charge in [0, 0.05) is 32.7 Å². The Morgan fingerprint density at radius 2 is 2.00 bits per heavy atom. The van der Waals surface area contributed by atoms with E-state index in [0.717, 1.165) is 50.0 Å². The van der Waals surface area contributed by atoms with Gasteiger partial charge in [-0.3, -0.25) is 4.90 Å². The highest BCUT2D eigenvalue weighted by molar-refractivity contribution is 5.54. The molecule has 2 rings (SSSR count). The van der Waals surface area contributed by atoms with E-state index in [-0.39, 0.29) is 6.61 Å². The van der Waals surface area contributed by atoms with Crippen LogP contribution < -0.4 is 9.64 Å². The van der Waals surface area contributed by atoms with E-state index in [2.05, 4.69) is 19.8 Å². The topological polar surface area (TPSA) is 61.7 Å². The van der Waals surface area contributed by atoms with Crippen LogP contribution in [0, 0.1) is 6.92 Å². The van der Waals surface area contributed by atoms with E-state index >= 15 is 0 Å². The molecular formula is C12H20N4O2. The molecule has 0 aliphatic carbocycles. The lowest BCUT2D eigenvalue weighted by atomic mass is 10.3. The molecule has 0 spiro atoms. The number of nitrogens with zero attached hydrogens (tertiary/aromatic N) is 4. The van der Waals surface area contributed by atoms with Crippen LogP contribution in [0.3, 0.4) is 0 Å². The summed E-state index contributed by atoms with van der Waals surface area (Å²) < 4.78 is 5.38. The van der Waals surface area contributed by atoms with Crippen molar-refractivity contribution in [2.75, 3.05) is 51.3 Å². The Morgan fingerprint density at radius 3 is 2.61 bits per heavy atom. The van der Waals surface area contributed by atoms with Crippen molar-refractivity contribution in [1.29, 1.82) is 0 Å². The molecule has 0 unspecified atom stereocenters. The summed E-state index contributed by atoms with van der Waals surface area (Å²) in [5, 5.41) is 8.92. The number of β-amino-alcohol motifs (C(OH)–C–C–N with tert-alkyl or cyclic N) is 1. The SMILES string of the molecule is COc1c(C)ncnc1N1CCN(CCO)CC1. The maximum Gasteiger partial charge on any atom is 0.182 e. The Balaban J connectivity index is 2.07. The third-order valence-electron chi connectivity index (χ3n) is 3.26. The highest BCUT2D eigenvalue weighted by Gasteiger charge is 2.21. The fourth-order valence-corrected chi connectivity index (χ4v) is 2.24. The number of ether oxygens (including phenoxy) is 1. The molecule has 0 atom stereocenters. The molecule has 6 nitrogen and oxygen atoms in total. The number of piperazine rings is 1. The van der Waals surface area contributed by atoms with E-state index in [0.29, 0.717) is 0 Å². The smallest absolute Gasteiger partial charge is 0.182 e. The van der Waals surface area contributed by atoms with Gasteiger partial charge < -0.3 is 14.7 Å². The van der Waals surface area contributed by atoms with Gasteiger partial charge in [-0.2, -0.15) is 0 Å². The van der Waals surface area contributed by atoms with Crippen molar-refractivity contribution in [3.05, 3.63) is 12.0 Å². The quantitative estimate of drug-likeness (QED) is 0.808. The van der Waals surface area contributed by atoms with Gasteiger partial charge >= 0.3 is 0 Å². The predicted octanol–water partition coefficient (Wildman–Crippen LogP) is -0.0921. The molecule has 1 aliphatic rings. The first-order valence-corrected chi connectivity index (χ1v) is 6.20.